The lowest BCUT2D eigenvalue weighted by Crippen LogP contribution is -2.58. The van der Waals surface area contributed by atoms with Gasteiger partial charge in [-0.05, 0) is 57.0 Å². The standard InChI is InChI=1S/C30H39N3O5S/c1-6-31(7-2)20-10-12-21(13-11-20)32-16-8-15-30-23(24-28(37)38-17-9-14-29(24,5)39-30)26(35)33(25(30)27(32)36)22(18-34)19(3)4/h8-15,19,22-25,34H,6-7,16-18H2,1-5H3/t22-,23-,24-,25?,29+,30-/m0/s1. The second-order valence-electron chi connectivity index (χ2n) is 11.3. The van der Waals surface area contributed by atoms with Gasteiger partial charge in [-0.1, -0.05) is 32.1 Å². The van der Waals surface area contributed by atoms with Crippen molar-refractivity contribution in [3.63, 3.8) is 0 Å². The summed E-state index contributed by atoms with van der Waals surface area (Å²) in [4.78, 5) is 47.8. The molecule has 4 aliphatic rings. The predicted octanol–water partition coefficient (Wildman–Crippen LogP) is 3.25. The molecule has 1 N–H and O–H groups in total. The van der Waals surface area contributed by atoms with Crippen molar-refractivity contribution in [1.29, 1.82) is 0 Å². The molecule has 1 aromatic carbocycles. The van der Waals surface area contributed by atoms with E-state index in [4.69, 9.17) is 4.74 Å². The molecule has 39 heavy (non-hydrogen) atoms. The van der Waals surface area contributed by atoms with Gasteiger partial charge in [0.1, 0.15) is 12.6 Å². The summed E-state index contributed by atoms with van der Waals surface area (Å²) in [6.07, 6.45) is 7.74. The van der Waals surface area contributed by atoms with Gasteiger partial charge in [0, 0.05) is 35.8 Å². The number of aliphatic hydroxyl groups is 1. The Bertz CT molecular complexity index is 1200. The van der Waals surface area contributed by atoms with E-state index in [1.807, 2.05) is 69.3 Å². The fraction of sp³-hybridized carbons (Fsp3) is 0.567. The summed E-state index contributed by atoms with van der Waals surface area (Å²) in [5.74, 6) is -2.47. The number of carbonyl (C=O) groups is 3. The first kappa shape index (κ1) is 27.8. The molecule has 4 aliphatic heterocycles. The average molecular weight is 554 g/mol. The minimum absolute atomic E-state index is 0.0889. The van der Waals surface area contributed by atoms with Gasteiger partial charge in [0.25, 0.3) is 5.91 Å². The van der Waals surface area contributed by atoms with Gasteiger partial charge in [-0.3, -0.25) is 14.4 Å². The zero-order chi connectivity index (χ0) is 28.1. The van der Waals surface area contributed by atoms with E-state index in [0.29, 0.717) is 6.54 Å². The van der Waals surface area contributed by atoms with Crippen molar-refractivity contribution >= 4 is 40.9 Å². The maximum atomic E-state index is 14.6. The van der Waals surface area contributed by atoms with Crippen molar-refractivity contribution in [2.45, 2.75) is 56.2 Å². The normalized spacial score (nSPS) is 32.5. The number of anilines is 2. The Balaban J connectivity index is 1.62. The molecule has 6 atom stereocenters. The Kier molecular flexibility index (Phi) is 7.35. The van der Waals surface area contributed by atoms with Crippen molar-refractivity contribution in [2.75, 3.05) is 42.6 Å². The zero-order valence-corrected chi connectivity index (χ0v) is 24.2. The zero-order valence-electron chi connectivity index (χ0n) is 23.4. The van der Waals surface area contributed by atoms with Crippen molar-refractivity contribution in [3.05, 3.63) is 48.6 Å². The number of hydrogen-bond acceptors (Lipinski definition) is 7. The molecule has 5 rings (SSSR count). The number of nitrogens with zero attached hydrogens (tertiary/aromatic N) is 3. The summed E-state index contributed by atoms with van der Waals surface area (Å²) in [6, 6.07) is 6.52. The summed E-state index contributed by atoms with van der Waals surface area (Å²) in [6.45, 7) is 12.1. The number of hydrogen-bond donors (Lipinski definition) is 1. The van der Waals surface area contributed by atoms with Gasteiger partial charge in [-0.25, -0.2) is 0 Å². The van der Waals surface area contributed by atoms with E-state index >= 15 is 0 Å². The number of amides is 2. The van der Waals surface area contributed by atoms with Crippen LogP contribution in [0.15, 0.2) is 48.6 Å². The average Bonchev–Trinajstić information content (AvgIpc) is 3.16. The van der Waals surface area contributed by atoms with Gasteiger partial charge >= 0.3 is 5.97 Å². The van der Waals surface area contributed by atoms with Crippen LogP contribution in [0.25, 0.3) is 0 Å². The summed E-state index contributed by atoms with van der Waals surface area (Å²) in [7, 11) is 0. The van der Waals surface area contributed by atoms with Crippen LogP contribution >= 0.6 is 11.8 Å². The van der Waals surface area contributed by atoms with Crippen LogP contribution in [0.3, 0.4) is 0 Å². The van der Waals surface area contributed by atoms with Crippen LogP contribution in [0.4, 0.5) is 11.4 Å². The summed E-state index contributed by atoms with van der Waals surface area (Å²) in [5.41, 5.74) is 1.84. The smallest absolute Gasteiger partial charge is 0.311 e. The Morgan fingerprint density at radius 1 is 1.05 bits per heavy atom. The van der Waals surface area contributed by atoms with Gasteiger partial charge in [0.15, 0.2) is 0 Å². The summed E-state index contributed by atoms with van der Waals surface area (Å²) >= 11 is 1.52. The summed E-state index contributed by atoms with van der Waals surface area (Å²) < 4.78 is 3.84. The number of aliphatic hydroxyl groups excluding tert-OH is 1. The van der Waals surface area contributed by atoms with E-state index in [-0.39, 0.29) is 30.9 Å². The molecule has 8 nitrogen and oxygen atoms in total. The number of carbonyl (C=O) groups excluding carboxylic acids is 3. The van der Waals surface area contributed by atoms with Gasteiger partial charge in [-0.2, -0.15) is 0 Å². The molecule has 9 heteroatoms. The van der Waals surface area contributed by atoms with E-state index in [1.165, 1.54) is 11.8 Å². The third-order valence-corrected chi connectivity index (χ3v) is 10.7. The molecule has 0 saturated carbocycles. The molecule has 2 saturated heterocycles. The van der Waals surface area contributed by atoms with Gasteiger partial charge in [0.05, 0.1) is 29.2 Å². The Morgan fingerprint density at radius 2 is 1.74 bits per heavy atom. The summed E-state index contributed by atoms with van der Waals surface area (Å²) in [5, 5.41) is 10.4. The first-order valence-electron chi connectivity index (χ1n) is 13.9. The predicted molar refractivity (Wildman–Crippen MR) is 154 cm³/mol. The molecule has 0 bridgehead atoms. The molecule has 0 aromatic heterocycles. The second kappa shape index (κ2) is 10.3. The molecule has 210 valence electrons. The third kappa shape index (κ3) is 4.20. The lowest BCUT2D eigenvalue weighted by molar-refractivity contribution is -0.153. The highest BCUT2D eigenvalue weighted by molar-refractivity contribution is 8.02. The van der Waals surface area contributed by atoms with Gasteiger partial charge in [0.2, 0.25) is 5.91 Å². The first-order valence-corrected chi connectivity index (χ1v) is 14.8. The SMILES string of the molecule is CCN(CC)c1ccc(N2CC=C[C@]34S[C@]5(C)C=CCOC(=O)[C@@H]5[C@H]3C(=O)N([C@@H](CO)C(C)C)C4C2=O)cc1. The van der Waals surface area contributed by atoms with E-state index in [9.17, 15) is 19.5 Å². The highest BCUT2D eigenvalue weighted by Gasteiger charge is 2.74. The molecule has 0 aliphatic carbocycles. The molecule has 1 unspecified atom stereocenters. The number of likely N-dealkylation sites (tertiary alicyclic amines) is 1. The van der Waals surface area contributed by atoms with Crippen LogP contribution in [0.5, 0.6) is 0 Å². The maximum absolute atomic E-state index is 14.6. The fourth-order valence-corrected chi connectivity index (χ4v) is 9.08. The number of rotatable bonds is 7. The largest absolute Gasteiger partial charge is 0.461 e. The number of ether oxygens (including phenoxy) is 1. The monoisotopic (exact) mass is 553 g/mol. The molecule has 1 aromatic rings. The van der Waals surface area contributed by atoms with E-state index in [2.05, 4.69) is 18.7 Å². The van der Waals surface area contributed by atoms with Gasteiger partial charge in [-0.15, -0.1) is 11.8 Å². The van der Waals surface area contributed by atoms with E-state index < -0.39 is 39.4 Å². The minimum Gasteiger partial charge on any atom is -0.461 e. The lowest BCUT2D eigenvalue weighted by atomic mass is 9.75. The number of fused-ring (bicyclic) bond motifs is 2. The Hall–Kier alpha value is -2.78. The van der Waals surface area contributed by atoms with Crippen molar-refractivity contribution in [1.82, 2.24) is 4.90 Å². The molecule has 2 fully saturated rings. The maximum Gasteiger partial charge on any atom is 0.311 e. The fourth-order valence-electron chi connectivity index (χ4n) is 6.94. The molecule has 0 radical (unpaired) electrons. The lowest BCUT2D eigenvalue weighted by Gasteiger charge is -2.40. The quantitative estimate of drug-likeness (QED) is 0.410. The highest BCUT2D eigenvalue weighted by Crippen LogP contribution is 2.65. The number of benzene rings is 1. The van der Waals surface area contributed by atoms with Crippen LogP contribution in [-0.4, -0.2) is 82.2 Å². The second-order valence-corrected chi connectivity index (χ2v) is 13.1. The van der Waals surface area contributed by atoms with Crippen LogP contribution in [-0.2, 0) is 19.1 Å². The van der Waals surface area contributed by atoms with Crippen LogP contribution in [0.2, 0.25) is 0 Å². The first-order chi connectivity index (χ1) is 18.6. The molecule has 1 spiro atoms. The Morgan fingerprint density at radius 3 is 2.36 bits per heavy atom. The van der Waals surface area contributed by atoms with E-state index in [0.717, 1.165) is 24.5 Å². The molecular formula is C30H39N3O5S. The van der Waals surface area contributed by atoms with Crippen LogP contribution < -0.4 is 9.80 Å². The van der Waals surface area contributed by atoms with Crippen LogP contribution in [0, 0.1) is 17.8 Å². The molecular weight excluding hydrogens is 514 g/mol. The van der Waals surface area contributed by atoms with Crippen LogP contribution in [0.1, 0.15) is 34.6 Å². The third-order valence-electron chi connectivity index (χ3n) is 8.85. The Labute approximate surface area is 235 Å². The number of cyclic esters (lactones) is 1. The minimum atomic E-state index is -0.966. The van der Waals surface area contributed by atoms with Crippen molar-refractivity contribution in [2.24, 2.45) is 17.8 Å². The number of esters is 1. The van der Waals surface area contributed by atoms with Crippen molar-refractivity contribution in [3.8, 4) is 0 Å². The van der Waals surface area contributed by atoms with E-state index in [1.54, 1.807) is 9.80 Å². The topological polar surface area (TPSA) is 90.4 Å². The molecule has 4 heterocycles. The van der Waals surface area contributed by atoms with Crippen molar-refractivity contribution < 1.29 is 24.2 Å². The van der Waals surface area contributed by atoms with Gasteiger partial charge < -0.3 is 24.5 Å². The highest BCUT2D eigenvalue weighted by atomic mass is 32.2. The number of thioether (sulfide) groups is 1. The molecule has 2 amide bonds.